The predicted molar refractivity (Wildman–Crippen MR) is 107 cm³/mol. The van der Waals surface area contributed by atoms with Crippen LogP contribution in [0, 0.1) is 11.3 Å². The number of nitriles is 1. The number of rotatable bonds is 4. The van der Waals surface area contributed by atoms with Gasteiger partial charge in [-0.15, -0.1) is 11.3 Å². The largest absolute Gasteiger partial charge is 0.325 e. The molecular formula is C19H16N4O2S2. The van der Waals surface area contributed by atoms with Gasteiger partial charge in [-0.25, -0.2) is 4.98 Å². The molecular weight excluding hydrogens is 380 g/mol. The average molecular weight is 396 g/mol. The molecule has 27 heavy (non-hydrogen) atoms. The van der Waals surface area contributed by atoms with Crippen molar-refractivity contribution in [3.63, 3.8) is 0 Å². The summed E-state index contributed by atoms with van der Waals surface area (Å²) in [4.78, 5) is 31.6. The third-order valence-electron chi connectivity index (χ3n) is 4.54. The van der Waals surface area contributed by atoms with Crippen LogP contribution in [0.4, 0.5) is 5.69 Å². The van der Waals surface area contributed by atoms with Gasteiger partial charge in [0.25, 0.3) is 5.56 Å². The van der Waals surface area contributed by atoms with Crippen LogP contribution in [0.15, 0.2) is 34.2 Å². The molecule has 6 nitrogen and oxygen atoms in total. The minimum Gasteiger partial charge on any atom is -0.325 e. The first-order chi connectivity index (χ1) is 13.1. The van der Waals surface area contributed by atoms with Crippen LogP contribution in [-0.2, 0) is 24.7 Å². The summed E-state index contributed by atoms with van der Waals surface area (Å²) in [5.41, 5.74) is 2.30. The Morgan fingerprint density at radius 3 is 2.89 bits per heavy atom. The van der Waals surface area contributed by atoms with Crippen molar-refractivity contribution >= 4 is 44.9 Å². The first-order valence-electron chi connectivity index (χ1n) is 8.51. The van der Waals surface area contributed by atoms with Crippen LogP contribution in [0.1, 0.15) is 22.4 Å². The molecule has 0 unspecified atom stereocenters. The summed E-state index contributed by atoms with van der Waals surface area (Å²) >= 11 is 2.85. The van der Waals surface area contributed by atoms with Crippen LogP contribution in [-0.4, -0.2) is 21.2 Å². The zero-order valence-electron chi connectivity index (χ0n) is 14.6. The van der Waals surface area contributed by atoms with Crippen molar-refractivity contribution < 1.29 is 4.79 Å². The molecule has 0 fully saturated rings. The number of amides is 1. The molecule has 2 aromatic heterocycles. The van der Waals surface area contributed by atoms with E-state index in [1.54, 1.807) is 42.6 Å². The number of thiophene rings is 1. The van der Waals surface area contributed by atoms with Crippen LogP contribution >= 0.6 is 23.1 Å². The Balaban J connectivity index is 1.50. The van der Waals surface area contributed by atoms with Crippen molar-refractivity contribution in [2.45, 2.75) is 24.4 Å². The van der Waals surface area contributed by atoms with Gasteiger partial charge in [0.15, 0.2) is 5.16 Å². The molecule has 3 aromatic rings. The van der Waals surface area contributed by atoms with E-state index in [1.807, 2.05) is 6.07 Å². The van der Waals surface area contributed by atoms with Gasteiger partial charge in [-0.05, 0) is 49.1 Å². The van der Waals surface area contributed by atoms with Gasteiger partial charge in [-0.1, -0.05) is 11.8 Å². The fourth-order valence-electron chi connectivity index (χ4n) is 3.19. The number of benzene rings is 1. The maximum absolute atomic E-state index is 12.8. The second-order valence-electron chi connectivity index (χ2n) is 6.32. The number of thioether (sulfide) groups is 1. The van der Waals surface area contributed by atoms with Crippen molar-refractivity contribution in [1.29, 1.82) is 5.26 Å². The Kier molecular flexibility index (Phi) is 4.72. The molecule has 1 N–H and O–H groups in total. The molecule has 0 radical (unpaired) electrons. The zero-order valence-corrected chi connectivity index (χ0v) is 16.2. The van der Waals surface area contributed by atoms with Crippen LogP contribution in [0.3, 0.4) is 0 Å². The van der Waals surface area contributed by atoms with E-state index in [4.69, 9.17) is 5.26 Å². The van der Waals surface area contributed by atoms with Crippen molar-refractivity contribution in [1.82, 2.24) is 9.55 Å². The number of hydrogen-bond acceptors (Lipinski definition) is 6. The third kappa shape index (κ3) is 3.36. The van der Waals surface area contributed by atoms with Gasteiger partial charge < -0.3 is 5.32 Å². The fourth-order valence-corrected chi connectivity index (χ4v) is 5.26. The molecule has 4 rings (SSSR count). The normalized spacial score (nSPS) is 12.7. The summed E-state index contributed by atoms with van der Waals surface area (Å²) < 4.78 is 1.54. The Morgan fingerprint density at radius 2 is 2.15 bits per heavy atom. The average Bonchev–Trinajstić information content (AvgIpc) is 3.25. The lowest BCUT2D eigenvalue weighted by atomic mass is 10.2. The topological polar surface area (TPSA) is 87.8 Å². The number of carbonyl (C=O) groups excluding carboxylic acids is 1. The number of carbonyl (C=O) groups is 1. The lowest BCUT2D eigenvalue weighted by Crippen LogP contribution is -2.21. The van der Waals surface area contributed by atoms with Crippen LogP contribution in [0.2, 0.25) is 0 Å². The summed E-state index contributed by atoms with van der Waals surface area (Å²) in [6.45, 7) is 0. The van der Waals surface area contributed by atoms with Crippen LogP contribution < -0.4 is 10.9 Å². The molecule has 1 aliphatic rings. The SMILES string of the molecule is Cn1c(SCC(=O)Nc2ccc(C#N)cc2)nc2sc3c(c2c1=O)CCC3. The van der Waals surface area contributed by atoms with Crippen molar-refractivity contribution in [2.24, 2.45) is 7.05 Å². The lowest BCUT2D eigenvalue weighted by Gasteiger charge is -2.08. The third-order valence-corrected chi connectivity index (χ3v) is 6.75. The van der Waals surface area contributed by atoms with Crippen LogP contribution in [0.25, 0.3) is 10.2 Å². The quantitative estimate of drug-likeness (QED) is 0.541. The molecule has 1 aromatic carbocycles. The summed E-state index contributed by atoms with van der Waals surface area (Å²) in [5, 5.41) is 12.9. The van der Waals surface area contributed by atoms with E-state index in [9.17, 15) is 9.59 Å². The maximum atomic E-state index is 12.8. The number of aryl methyl sites for hydroxylation is 2. The minimum atomic E-state index is -0.187. The summed E-state index contributed by atoms with van der Waals surface area (Å²) in [7, 11) is 1.70. The van der Waals surface area contributed by atoms with Gasteiger partial charge in [0.1, 0.15) is 4.83 Å². The van der Waals surface area contributed by atoms with Crippen molar-refractivity contribution in [3.05, 3.63) is 50.6 Å². The van der Waals surface area contributed by atoms with E-state index in [-0.39, 0.29) is 17.2 Å². The molecule has 0 saturated carbocycles. The van der Waals surface area contributed by atoms with E-state index < -0.39 is 0 Å². The monoisotopic (exact) mass is 396 g/mol. The standard InChI is InChI=1S/C19H16N4O2S2/c1-23-18(25)16-13-3-2-4-14(13)27-17(16)22-19(23)26-10-15(24)21-12-7-5-11(9-20)6-8-12/h5-8H,2-4,10H2,1H3,(H,21,24). The first-order valence-corrected chi connectivity index (χ1v) is 10.3. The minimum absolute atomic E-state index is 0.0330. The molecule has 0 aliphatic heterocycles. The number of aromatic nitrogens is 2. The van der Waals surface area contributed by atoms with Crippen molar-refractivity contribution in [2.75, 3.05) is 11.1 Å². The fraction of sp³-hybridized carbons (Fsp3) is 0.263. The molecule has 136 valence electrons. The highest BCUT2D eigenvalue weighted by Crippen LogP contribution is 2.35. The maximum Gasteiger partial charge on any atom is 0.262 e. The number of hydrogen-bond donors (Lipinski definition) is 1. The predicted octanol–water partition coefficient (Wildman–Crippen LogP) is 3.09. The highest BCUT2D eigenvalue weighted by molar-refractivity contribution is 7.99. The van der Waals surface area contributed by atoms with E-state index in [1.165, 1.54) is 26.8 Å². The molecule has 0 bridgehead atoms. The van der Waals surface area contributed by atoms with Gasteiger partial charge >= 0.3 is 0 Å². The number of fused-ring (bicyclic) bond motifs is 3. The second-order valence-corrected chi connectivity index (χ2v) is 8.35. The Bertz CT molecular complexity index is 1140. The molecule has 1 amide bonds. The van der Waals surface area contributed by atoms with Gasteiger partial charge in [0, 0.05) is 17.6 Å². The Labute approximate surface area is 163 Å². The lowest BCUT2D eigenvalue weighted by molar-refractivity contribution is -0.113. The Morgan fingerprint density at radius 1 is 1.37 bits per heavy atom. The van der Waals surface area contributed by atoms with Gasteiger partial charge in [-0.3, -0.25) is 14.2 Å². The summed E-state index contributed by atoms with van der Waals surface area (Å²) in [5.74, 6) is -0.0376. The van der Waals surface area contributed by atoms with E-state index in [0.29, 0.717) is 16.4 Å². The molecule has 2 heterocycles. The van der Waals surface area contributed by atoms with E-state index in [0.717, 1.165) is 29.5 Å². The molecule has 0 saturated heterocycles. The Hall–Kier alpha value is -2.63. The first kappa shape index (κ1) is 17.8. The van der Waals surface area contributed by atoms with Gasteiger partial charge in [0.05, 0.1) is 22.8 Å². The van der Waals surface area contributed by atoms with E-state index >= 15 is 0 Å². The number of nitrogens with zero attached hydrogens (tertiary/aromatic N) is 3. The summed E-state index contributed by atoms with van der Waals surface area (Å²) in [6, 6.07) is 8.72. The molecule has 1 aliphatic carbocycles. The highest BCUT2D eigenvalue weighted by Gasteiger charge is 2.22. The second kappa shape index (κ2) is 7.18. The number of anilines is 1. The molecule has 0 atom stereocenters. The molecule has 0 spiro atoms. The zero-order chi connectivity index (χ0) is 19.0. The van der Waals surface area contributed by atoms with Crippen molar-refractivity contribution in [3.8, 4) is 6.07 Å². The smallest absolute Gasteiger partial charge is 0.262 e. The number of nitrogens with one attached hydrogen (secondary N) is 1. The highest BCUT2D eigenvalue weighted by atomic mass is 32.2. The van der Waals surface area contributed by atoms with Gasteiger partial charge in [0.2, 0.25) is 5.91 Å². The van der Waals surface area contributed by atoms with Gasteiger partial charge in [-0.2, -0.15) is 5.26 Å². The van der Waals surface area contributed by atoms with E-state index in [2.05, 4.69) is 10.3 Å². The summed E-state index contributed by atoms with van der Waals surface area (Å²) in [6.07, 6.45) is 3.08. The van der Waals surface area contributed by atoms with Crippen LogP contribution in [0.5, 0.6) is 0 Å². The molecule has 8 heteroatoms.